The van der Waals surface area contributed by atoms with Gasteiger partial charge in [-0.1, -0.05) is 31.1 Å². The van der Waals surface area contributed by atoms with Crippen LogP contribution in [0.5, 0.6) is 0 Å². The minimum Gasteiger partial charge on any atom is -0.281 e. The van der Waals surface area contributed by atoms with E-state index in [4.69, 9.17) is 15.5 Å². The van der Waals surface area contributed by atoms with Crippen LogP contribution in [-0.2, 0) is 12.8 Å². The zero-order valence-corrected chi connectivity index (χ0v) is 15.8. The molecule has 2 heterocycles. The van der Waals surface area contributed by atoms with Crippen LogP contribution in [-0.4, -0.2) is 21.1 Å². The fourth-order valence-electron chi connectivity index (χ4n) is 3.21. The number of fused-ring (bicyclic) bond motifs is 1. The van der Waals surface area contributed by atoms with Gasteiger partial charge in [-0.15, -0.1) is 0 Å². The Kier molecular flexibility index (Phi) is 5.24. The Morgan fingerprint density at radius 2 is 1.88 bits per heavy atom. The van der Waals surface area contributed by atoms with Crippen LogP contribution < -0.4 is 0 Å². The van der Waals surface area contributed by atoms with Crippen LogP contribution in [0.2, 0.25) is 0 Å². The average Bonchev–Trinajstić information content (AvgIpc) is 2.93. The molecule has 0 spiro atoms. The number of hydrogen-bond acceptors (Lipinski definition) is 3. The molecular formula is C20H24N6. The van der Waals surface area contributed by atoms with E-state index in [1.807, 2.05) is 6.92 Å². The Morgan fingerprint density at radius 1 is 1.15 bits per heavy atom. The first-order chi connectivity index (χ1) is 12.5. The number of azide groups is 1. The van der Waals surface area contributed by atoms with Crippen molar-refractivity contribution in [3.63, 3.8) is 0 Å². The molecular weight excluding hydrogens is 324 g/mol. The van der Waals surface area contributed by atoms with E-state index in [1.165, 1.54) is 0 Å². The summed E-state index contributed by atoms with van der Waals surface area (Å²) < 4.78 is 2.17. The Hall–Kier alpha value is -2.85. The zero-order chi connectivity index (χ0) is 18.7. The fourth-order valence-corrected chi connectivity index (χ4v) is 3.21. The van der Waals surface area contributed by atoms with Gasteiger partial charge in [0.05, 0.1) is 0 Å². The number of aromatic nitrogens is 3. The van der Waals surface area contributed by atoms with Crippen LogP contribution in [0, 0.1) is 19.8 Å². The Labute approximate surface area is 153 Å². The number of nitrogens with zero attached hydrogens (tertiary/aromatic N) is 6. The van der Waals surface area contributed by atoms with E-state index in [0.717, 1.165) is 52.3 Å². The Balaban J connectivity index is 2.08. The SMILES string of the molecule is Cc1cc(C)c2nc(CC(C)C)n(-c3ccc(CCN=[N+]=[N-])cc3)c2n1. The predicted octanol–water partition coefficient (Wildman–Crippen LogP) is 5.09. The molecule has 134 valence electrons. The molecule has 0 N–H and O–H groups in total. The van der Waals surface area contributed by atoms with Crippen LogP contribution in [0.4, 0.5) is 0 Å². The van der Waals surface area contributed by atoms with Gasteiger partial charge in [0.15, 0.2) is 5.65 Å². The molecule has 26 heavy (non-hydrogen) atoms. The van der Waals surface area contributed by atoms with Gasteiger partial charge >= 0.3 is 0 Å². The fraction of sp³-hybridized carbons (Fsp3) is 0.400. The van der Waals surface area contributed by atoms with E-state index in [1.54, 1.807) is 0 Å². The number of aryl methyl sites for hydroxylation is 2. The molecule has 0 saturated heterocycles. The van der Waals surface area contributed by atoms with Gasteiger partial charge in [-0.2, -0.15) is 0 Å². The molecule has 0 fully saturated rings. The molecule has 1 aromatic carbocycles. The lowest BCUT2D eigenvalue weighted by molar-refractivity contribution is 0.616. The maximum absolute atomic E-state index is 8.40. The lowest BCUT2D eigenvalue weighted by Crippen LogP contribution is -2.06. The average molecular weight is 348 g/mol. The predicted molar refractivity (Wildman–Crippen MR) is 105 cm³/mol. The summed E-state index contributed by atoms with van der Waals surface area (Å²) >= 11 is 0. The molecule has 0 amide bonds. The van der Waals surface area contributed by atoms with Gasteiger partial charge < -0.3 is 0 Å². The van der Waals surface area contributed by atoms with Crippen molar-refractivity contribution in [2.75, 3.05) is 6.54 Å². The molecule has 3 aromatic rings. The van der Waals surface area contributed by atoms with Crippen molar-refractivity contribution in [1.82, 2.24) is 14.5 Å². The molecule has 6 nitrogen and oxygen atoms in total. The van der Waals surface area contributed by atoms with Crippen molar-refractivity contribution in [3.8, 4) is 5.69 Å². The van der Waals surface area contributed by atoms with Gasteiger partial charge in [-0.3, -0.25) is 4.57 Å². The van der Waals surface area contributed by atoms with Crippen molar-refractivity contribution < 1.29 is 0 Å². The third-order valence-electron chi connectivity index (χ3n) is 4.35. The summed E-state index contributed by atoms with van der Waals surface area (Å²) in [5.74, 6) is 1.55. The molecule has 0 saturated carbocycles. The van der Waals surface area contributed by atoms with Crippen LogP contribution in [0.1, 0.15) is 36.5 Å². The smallest absolute Gasteiger partial charge is 0.165 e. The van der Waals surface area contributed by atoms with E-state index >= 15 is 0 Å². The first-order valence-corrected chi connectivity index (χ1v) is 8.95. The monoisotopic (exact) mass is 348 g/mol. The Bertz CT molecular complexity index is 962. The third kappa shape index (κ3) is 3.70. The Morgan fingerprint density at radius 3 is 2.54 bits per heavy atom. The molecule has 0 unspecified atom stereocenters. The van der Waals surface area contributed by atoms with Crippen molar-refractivity contribution in [2.24, 2.45) is 11.0 Å². The number of rotatable bonds is 6. The lowest BCUT2D eigenvalue weighted by Gasteiger charge is -2.11. The quantitative estimate of drug-likeness (QED) is 0.353. The highest BCUT2D eigenvalue weighted by Gasteiger charge is 2.16. The van der Waals surface area contributed by atoms with Crippen molar-refractivity contribution in [2.45, 2.75) is 40.5 Å². The summed E-state index contributed by atoms with van der Waals surface area (Å²) in [6.45, 7) is 8.99. The van der Waals surface area contributed by atoms with E-state index < -0.39 is 0 Å². The van der Waals surface area contributed by atoms with Crippen LogP contribution in [0.15, 0.2) is 35.4 Å². The minimum atomic E-state index is 0.475. The summed E-state index contributed by atoms with van der Waals surface area (Å²) in [4.78, 5) is 12.5. The van der Waals surface area contributed by atoms with Crippen LogP contribution in [0.25, 0.3) is 27.3 Å². The first-order valence-electron chi connectivity index (χ1n) is 8.95. The maximum Gasteiger partial charge on any atom is 0.165 e. The van der Waals surface area contributed by atoms with Gasteiger partial charge in [0, 0.05) is 29.3 Å². The van der Waals surface area contributed by atoms with Crippen LogP contribution in [0.3, 0.4) is 0 Å². The zero-order valence-electron chi connectivity index (χ0n) is 15.8. The second-order valence-electron chi connectivity index (χ2n) is 7.09. The molecule has 0 aliphatic rings. The molecule has 3 rings (SSSR count). The number of imidazole rings is 1. The number of hydrogen-bond donors (Lipinski definition) is 0. The first kappa shape index (κ1) is 18.0. The van der Waals surface area contributed by atoms with E-state index in [9.17, 15) is 0 Å². The molecule has 0 atom stereocenters. The molecule has 2 aromatic heterocycles. The van der Waals surface area contributed by atoms with E-state index in [2.05, 4.69) is 65.7 Å². The highest BCUT2D eigenvalue weighted by Crippen LogP contribution is 2.25. The van der Waals surface area contributed by atoms with E-state index in [0.29, 0.717) is 12.5 Å². The van der Waals surface area contributed by atoms with Crippen molar-refractivity contribution in [3.05, 3.63) is 63.4 Å². The summed E-state index contributed by atoms with van der Waals surface area (Å²) in [5.41, 5.74) is 14.7. The highest BCUT2D eigenvalue weighted by atomic mass is 15.1. The largest absolute Gasteiger partial charge is 0.281 e. The lowest BCUT2D eigenvalue weighted by atomic mass is 10.1. The molecule has 0 aliphatic carbocycles. The van der Waals surface area contributed by atoms with Crippen molar-refractivity contribution in [1.29, 1.82) is 0 Å². The summed E-state index contributed by atoms with van der Waals surface area (Å²) in [6.07, 6.45) is 1.64. The molecule has 0 bridgehead atoms. The van der Waals surface area contributed by atoms with Crippen molar-refractivity contribution >= 4 is 11.2 Å². The molecule has 0 radical (unpaired) electrons. The molecule has 6 heteroatoms. The van der Waals surface area contributed by atoms with Gasteiger partial charge in [0.25, 0.3) is 0 Å². The molecule has 0 aliphatic heterocycles. The topological polar surface area (TPSA) is 79.5 Å². The summed E-state index contributed by atoms with van der Waals surface area (Å²) in [6, 6.07) is 10.4. The highest BCUT2D eigenvalue weighted by molar-refractivity contribution is 5.78. The number of benzene rings is 1. The third-order valence-corrected chi connectivity index (χ3v) is 4.35. The van der Waals surface area contributed by atoms with Gasteiger partial charge in [0.1, 0.15) is 11.3 Å². The van der Waals surface area contributed by atoms with Gasteiger partial charge in [-0.25, -0.2) is 9.97 Å². The minimum absolute atomic E-state index is 0.475. The maximum atomic E-state index is 8.40. The van der Waals surface area contributed by atoms with Gasteiger partial charge in [-0.05, 0) is 61.0 Å². The standard InChI is InChI=1S/C20H24N6/c1-13(2)11-18-24-19-14(3)12-15(4)23-20(19)26(18)17-7-5-16(6-8-17)9-10-22-25-21/h5-8,12-13H,9-11H2,1-4H3. The van der Waals surface area contributed by atoms with Crippen LogP contribution >= 0.6 is 0 Å². The van der Waals surface area contributed by atoms with E-state index in [-0.39, 0.29) is 0 Å². The summed E-state index contributed by atoms with van der Waals surface area (Å²) in [5, 5.41) is 3.60. The van der Waals surface area contributed by atoms with Gasteiger partial charge in [0.2, 0.25) is 0 Å². The normalized spacial score (nSPS) is 11.1. The second-order valence-corrected chi connectivity index (χ2v) is 7.09. The second kappa shape index (κ2) is 7.58. The summed E-state index contributed by atoms with van der Waals surface area (Å²) in [7, 11) is 0. The number of pyridine rings is 1.